The van der Waals surface area contributed by atoms with Crippen LogP contribution in [0.4, 0.5) is 5.82 Å². The van der Waals surface area contributed by atoms with E-state index in [0.29, 0.717) is 16.6 Å². The molecule has 1 heterocycles. The number of thioether (sulfide) groups is 1. The van der Waals surface area contributed by atoms with Crippen LogP contribution in [0.2, 0.25) is 0 Å². The van der Waals surface area contributed by atoms with Crippen LogP contribution in [0.5, 0.6) is 0 Å². The van der Waals surface area contributed by atoms with Gasteiger partial charge < -0.3 is 11.1 Å². The first-order chi connectivity index (χ1) is 7.24. The van der Waals surface area contributed by atoms with Crippen LogP contribution in [0.15, 0.2) is 35.5 Å². The van der Waals surface area contributed by atoms with Gasteiger partial charge in [-0.1, -0.05) is 6.07 Å². The van der Waals surface area contributed by atoms with Crippen LogP contribution in [-0.4, -0.2) is 16.6 Å². The number of Topliss-reactive ketones (excluding diaryl/α,β-unsaturated/α-hetero) is 1. The quantitative estimate of drug-likeness (QED) is 0.586. The summed E-state index contributed by atoms with van der Waals surface area (Å²) in [4.78, 5) is 15.8. The maximum absolute atomic E-state index is 11.2. The average Bonchev–Trinajstić information content (AvgIpc) is 2.25. The van der Waals surface area contributed by atoms with E-state index in [1.54, 1.807) is 12.4 Å². The molecule has 1 aromatic rings. The maximum atomic E-state index is 11.2. The summed E-state index contributed by atoms with van der Waals surface area (Å²) in [6.07, 6.45) is 3.31. The molecule has 0 unspecified atom stereocenters. The Labute approximate surface area is 93.0 Å². The van der Waals surface area contributed by atoms with Gasteiger partial charge in [0.1, 0.15) is 5.82 Å². The van der Waals surface area contributed by atoms with E-state index in [1.165, 1.54) is 18.7 Å². The highest BCUT2D eigenvalue weighted by Crippen LogP contribution is 2.14. The van der Waals surface area contributed by atoms with Gasteiger partial charge in [-0.05, 0) is 19.1 Å². The Kier molecular flexibility index (Phi) is 4.86. The van der Waals surface area contributed by atoms with Gasteiger partial charge in [-0.15, -0.1) is 11.8 Å². The second-order valence-corrected chi connectivity index (χ2v) is 3.80. The number of ketones is 1. The minimum Gasteiger partial charge on any atom is -0.345 e. The van der Waals surface area contributed by atoms with Gasteiger partial charge in [-0.3, -0.25) is 4.79 Å². The lowest BCUT2D eigenvalue weighted by Gasteiger charge is -2.02. The lowest BCUT2D eigenvalue weighted by atomic mass is 10.4. The summed E-state index contributed by atoms with van der Waals surface area (Å²) in [7, 11) is 0. The van der Waals surface area contributed by atoms with Crippen molar-refractivity contribution in [2.24, 2.45) is 5.73 Å². The zero-order valence-electron chi connectivity index (χ0n) is 8.43. The highest BCUT2D eigenvalue weighted by atomic mass is 32.2. The molecule has 0 aliphatic rings. The van der Waals surface area contributed by atoms with Crippen molar-refractivity contribution in [2.45, 2.75) is 6.92 Å². The number of hydrogen-bond acceptors (Lipinski definition) is 5. The number of carbonyl (C=O) groups excluding carboxylic acids is 1. The molecule has 0 fully saturated rings. The van der Waals surface area contributed by atoms with Crippen LogP contribution in [0.3, 0.4) is 0 Å². The van der Waals surface area contributed by atoms with Crippen molar-refractivity contribution in [3.8, 4) is 0 Å². The molecule has 0 bridgehead atoms. The van der Waals surface area contributed by atoms with Crippen molar-refractivity contribution in [3.63, 3.8) is 0 Å². The van der Waals surface area contributed by atoms with Gasteiger partial charge in [-0.25, -0.2) is 4.98 Å². The van der Waals surface area contributed by atoms with Crippen LogP contribution in [0, 0.1) is 0 Å². The Morgan fingerprint density at radius 1 is 1.67 bits per heavy atom. The number of anilines is 1. The van der Waals surface area contributed by atoms with Crippen molar-refractivity contribution in [1.29, 1.82) is 0 Å². The maximum Gasteiger partial charge on any atom is 0.167 e. The molecule has 0 saturated carbocycles. The summed E-state index contributed by atoms with van der Waals surface area (Å²) in [5.41, 5.74) is 5.36. The van der Waals surface area contributed by atoms with E-state index in [4.69, 9.17) is 5.73 Å². The Hall–Kier alpha value is -1.33. The van der Waals surface area contributed by atoms with E-state index in [9.17, 15) is 4.79 Å². The Morgan fingerprint density at radius 3 is 3.00 bits per heavy atom. The summed E-state index contributed by atoms with van der Waals surface area (Å²) < 4.78 is 0. The van der Waals surface area contributed by atoms with Crippen molar-refractivity contribution in [1.82, 2.24) is 4.98 Å². The molecule has 0 saturated heterocycles. The highest BCUT2D eigenvalue weighted by Gasteiger charge is 2.02. The molecule has 3 N–H and O–H groups in total. The number of nitrogens with two attached hydrogens (primary N) is 1. The number of nitrogens with one attached hydrogen (secondary N) is 1. The molecule has 0 atom stereocenters. The standard InChI is InChI=1S/C10H13N3OS/c1-8(14)9(15-7-11)6-13-10-4-2-3-5-12-10/h2-6H,7,11H2,1H3,(H,12,13)/b9-6+. The van der Waals surface area contributed by atoms with Gasteiger partial charge in [0, 0.05) is 18.3 Å². The van der Waals surface area contributed by atoms with Gasteiger partial charge in [0.2, 0.25) is 0 Å². The van der Waals surface area contributed by atoms with E-state index in [1.807, 2.05) is 18.2 Å². The fourth-order valence-electron chi connectivity index (χ4n) is 0.922. The van der Waals surface area contributed by atoms with Crippen molar-refractivity contribution >= 4 is 23.4 Å². The third-order valence-corrected chi connectivity index (χ3v) is 2.48. The van der Waals surface area contributed by atoms with Gasteiger partial charge >= 0.3 is 0 Å². The van der Waals surface area contributed by atoms with Crippen LogP contribution >= 0.6 is 11.8 Å². The number of carbonyl (C=O) groups is 1. The lowest BCUT2D eigenvalue weighted by molar-refractivity contribution is -0.112. The number of nitrogens with zero attached hydrogens (tertiary/aromatic N) is 1. The summed E-state index contributed by atoms with van der Waals surface area (Å²) >= 11 is 1.30. The van der Waals surface area contributed by atoms with E-state index in [2.05, 4.69) is 10.3 Å². The van der Waals surface area contributed by atoms with E-state index < -0.39 is 0 Å². The summed E-state index contributed by atoms with van der Waals surface area (Å²) in [6.45, 7) is 1.51. The number of allylic oxidation sites excluding steroid dienone is 1. The molecule has 0 aromatic carbocycles. The van der Waals surface area contributed by atoms with Crippen molar-refractivity contribution < 1.29 is 4.79 Å². The monoisotopic (exact) mass is 223 g/mol. The Morgan fingerprint density at radius 2 is 2.47 bits per heavy atom. The molecule has 0 amide bonds. The van der Waals surface area contributed by atoms with Gasteiger partial charge in [0.25, 0.3) is 0 Å². The molecule has 1 aromatic heterocycles. The number of hydrogen-bond donors (Lipinski definition) is 2. The second kappa shape index (κ2) is 6.21. The molecule has 15 heavy (non-hydrogen) atoms. The van der Waals surface area contributed by atoms with Crippen LogP contribution < -0.4 is 11.1 Å². The normalized spacial score (nSPS) is 11.2. The van der Waals surface area contributed by atoms with Gasteiger partial charge in [0.15, 0.2) is 5.78 Å². The molecular formula is C10H13N3OS. The molecule has 1 rings (SSSR count). The van der Waals surface area contributed by atoms with Crippen LogP contribution in [-0.2, 0) is 4.79 Å². The summed E-state index contributed by atoms with van der Waals surface area (Å²) in [5.74, 6) is 1.08. The molecule has 0 radical (unpaired) electrons. The average molecular weight is 223 g/mol. The molecule has 0 spiro atoms. The minimum absolute atomic E-state index is 0.00567. The molecule has 0 aliphatic carbocycles. The van der Waals surface area contributed by atoms with Gasteiger partial charge in [-0.2, -0.15) is 0 Å². The van der Waals surface area contributed by atoms with Crippen LogP contribution in [0.25, 0.3) is 0 Å². The lowest BCUT2D eigenvalue weighted by Crippen LogP contribution is -2.02. The molecule has 5 heteroatoms. The van der Waals surface area contributed by atoms with Crippen molar-refractivity contribution in [2.75, 3.05) is 11.2 Å². The van der Waals surface area contributed by atoms with E-state index >= 15 is 0 Å². The molecule has 0 aliphatic heterocycles. The predicted octanol–water partition coefficient (Wildman–Crippen LogP) is 1.57. The zero-order chi connectivity index (χ0) is 11.1. The zero-order valence-corrected chi connectivity index (χ0v) is 9.25. The first-order valence-corrected chi connectivity index (χ1v) is 5.44. The number of aromatic nitrogens is 1. The summed E-state index contributed by atoms with van der Waals surface area (Å²) in [5, 5.41) is 2.94. The second-order valence-electron chi connectivity index (χ2n) is 2.74. The highest BCUT2D eigenvalue weighted by molar-refractivity contribution is 8.03. The van der Waals surface area contributed by atoms with Crippen molar-refractivity contribution in [3.05, 3.63) is 35.5 Å². The molecule has 4 nitrogen and oxygen atoms in total. The van der Waals surface area contributed by atoms with E-state index in [-0.39, 0.29) is 5.78 Å². The largest absolute Gasteiger partial charge is 0.345 e. The third kappa shape index (κ3) is 4.14. The third-order valence-electron chi connectivity index (χ3n) is 1.60. The Bertz CT molecular complexity index is 351. The fraction of sp³-hybridized carbons (Fsp3) is 0.200. The summed E-state index contributed by atoms with van der Waals surface area (Å²) in [6, 6.07) is 5.52. The van der Waals surface area contributed by atoms with E-state index in [0.717, 1.165) is 0 Å². The molecule has 80 valence electrons. The smallest absolute Gasteiger partial charge is 0.167 e. The Balaban J connectivity index is 2.65. The first kappa shape index (κ1) is 11.7. The van der Waals surface area contributed by atoms with Crippen LogP contribution in [0.1, 0.15) is 6.92 Å². The number of pyridine rings is 1. The predicted molar refractivity (Wildman–Crippen MR) is 63.3 cm³/mol. The SMILES string of the molecule is CC(=O)/C(=C\Nc1ccccn1)SCN. The number of rotatable bonds is 5. The molecular weight excluding hydrogens is 210 g/mol. The first-order valence-electron chi connectivity index (χ1n) is 4.45. The topological polar surface area (TPSA) is 68.0 Å². The fourth-order valence-corrected chi connectivity index (χ4v) is 1.45. The minimum atomic E-state index is -0.00567. The van der Waals surface area contributed by atoms with Gasteiger partial charge in [0.05, 0.1) is 4.91 Å².